The maximum Gasteiger partial charge on any atom is 0.203 e. The highest BCUT2D eigenvalue weighted by atomic mass is 16.5. The second-order valence-electron chi connectivity index (χ2n) is 3.68. The predicted octanol–water partition coefficient (Wildman–Crippen LogP) is 1.27. The summed E-state index contributed by atoms with van der Waals surface area (Å²) in [4.78, 5) is 0. The Balaban J connectivity index is 2.55. The summed E-state index contributed by atoms with van der Waals surface area (Å²) in [5.74, 6) is 2.48. The van der Waals surface area contributed by atoms with E-state index >= 15 is 0 Å². The minimum absolute atomic E-state index is 0.393. The van der Waals surface area contributed by atoms with E-state index in [0.717, 1.165) is 0 Å². The monoisotopic (exact) mass is 262 g/mol. The molecule has 1 aromatic carbocycles. The van der Waals surface area contributed by atoms with Crippen molar-refractivity contribution in [1.82, 2.24) is 20.4 Å². The van der Waals surface area contributed by atoms with Gasteiger partial charge in [0.05, 0.1) is 21.3 Å². The first kappa shape index (κ1) is 13.0. The standard InChI is InChI=1S/C12H14N4O3/c1-7-13-15-12(16-14-7)8-5-9(17-2)11(19-4)10(6-8)18-3/h5-6H,1-4H3. The highest BCUT2D eigenvalue weighted by Gasteiger charge is 2.15. The lowest BCUT2D eigenvalue weighted by molar-refractivity contribution is 0.324. The summed E-state index contributed by atoms with van der Waals surface area (Å²) in [6.45, 7) is 1.72. The first-order chi connectivity index (χ1) is 9.19. The molecule has 7 heteroatoms. The highest BCUT2D eigenvalue weighted by molar-refractivity contribution is 5.66. The third-order valence-electron chi connectivity index (χ3n) is 2.50. The molecule has 0 radical (unpaired) electrons. The van der Waals surface area contributed by atoms with Gasteiger partial charge in [-0.2, -0.15) is 0 Å². The Bertz CT molecular complexity index is 547. The van der Waals surface area contributed by atoms with Gasteiger partial charge in [-0.25, -0.2) is 0 Å². The zero-order chi connectivity index (χ0) is 13.8. The van der Waals surface area contributed by atoms with E-state index in [-0.39, 0.29) is 0 Å². The van der Waals surface area contributed by atoms with Gasteiger partial charge in [0, 0.05) is 5.56 Å². The number of ether oxygens (including phenoxy) is 3. The number of aromatic nitrogens is 4. The van der Waals surface area contributed by atoms with Crippen molar-refractivity contribution in [2.24, 2.45) is 0 Å². The Kier molecular flexibility index (Phi) is 3.74. The summed E-state index contributed by atoms with van der Waals surface area (Å²) in [7, 11) is 4.65. The number of aryl methyl sites for hydroxylation is 1. The normalized spacial score (nSPS) is 10.1. The molecule has 0 atom stereocenters. The summed E-state index contributed by atoms with van der Waals surface area (Å²) in [6.07, 6.45) is 0. The second kappa shape index (κ2) is 5.47. The van der Waals surface area contributed by atoms with Gasteiger partial charge in [-0.3, -0.25) is 0 Å². The van der Waals surface area contributed by atoms with E-state index in [0.29, 0.717) is 34.5 Å². The number of hydrogen-bond donors (Lipinski definition) is 0. The Morgan fingerprint density at radius 2 is 1.32 bits per heavy atom. The van der Waals surface area contributed by atoms with Gasteiger partial charge < -0.3 is 14.2 Å². The molecule has 100 valence electrons. The molecular weight excluding hydrogens is 248 g/mol. The lowest BCUT2D eigenvalue weighted by Crippen LogP contribution is -2.00. The van der Waals surface area contributed by atoms with E-state index in [4.69, 9.17) is 14.2 Å². The molecule has 19 heavy (non-hydrogen) atoms. The number of nitrogens with zero attached hydrogens (tertiary/aromatic N) is 4. The van der Waals surface area contributed by atoms with Crippen LogP contribution in [0.3, 0.4) is 0 Å². The molecular formula is C12H14N4O3. The lowest BCUT2D eigenvalue weighted by Gasteiger charge is -2.13. The Morgan fingerprint density at radius 1 is 0.789 bits per heavy atom. The summed E-state index contributed by atoms with van der Waals surface area (Å²) in [5, 5.41) is 15.7. The molecule has 0 unspecified atom stereocenters. The lowest BCUT2D eigenvalue weighted by atomic mass is 10.1. The molecule has 0 spiro atoms. The van der Waals surface area contributed by atoms with Crippen LogP contribution >= 0.6 is 0 Å². The van der Waals surface area contributed by atoms with E-state index in [2.05, 4.69) is 20.4 Å². The van der Waals surface area contributed by atoms with Crippen LogP contribution in [0.4, 0.5) is 0 Å². The largest absolute Gasteiger partial charge is 0.493 e. The average molecular weight is 262 g/mol. The Morgan fingerprint density at radius 3 is 1.74 bits per heavy atom. The van der Waals surface area contributed by atoms with Gasteiger partial charge in [-0.1, -0.05) is 0 Å². The molecule has 2 rings (SSSR count). The number of methoxy groups -OCH3 is 3. The van der Waals surface area contributed by atoms with Gasteiger partial charge in [-0.15, -0.1) is 20.4 Å². The molecule has 1 aromatic heterocycles. The summed E-state index contributed by atoms with van der Waals surface area (Å²) < 4.78 is 15.8. The van der Waals surface area contributed by atoms with Crippen LogP contribution in [0.25, 0.3) is 11.4 Å². The van der Waals surface area contributed by atoms with Crippen molar-refractivity contribution in [2.45, 2.75) is 6.92 Å². The SMILES string of the molecule is COc1cc(-c2nnc(C)nn2)cc(OC)c1OC. The van der Waals surface area contributed by atoms with Gasteiger partial charge >= 0.3 is 0 Å². The van der Waals surface area contributed by atoms with Crippen molar-refractivity contribution in [3.05, 3.63) is 18.0 Å². The smallest absolute Gasteiger partial charge is 0.203 e. The Labute approximate surface area is 110 Å². The van der Waals surface area contributed by atoms with E-state index in [1.807, 2.05) is 0 Å². The molecule has 0 fully saturated rings. The molecule has 1 heterocycles. The molecule has 0 saturated heterocycles. The van der Waals surface area contributed by atoms with Crippen LogP contribution in [0.5, 0.6) is 17.2 Å². The fraction of sp³-hybridized carbons (Fsp3) is 0.333. The summed E-state index contributed by atoms with van der Waals surface area (Å²) >= 11 is 0. The quantitative estimate of drug-likeness (QED) is 0.820. The molecule has 0 bridgehead atoms. The van der Waals surface area contributed by atoms with Crippen LogP contribution in [-0.2, 0) is 0 Å². The highest BCUT2D eigenvalue weighted by Crippen LogP contribution is 2.40. The van der Waals surface area contributed by atoms with Gasteiger partial charge in [0.25, 0.3) is 0 Å². The number of benzene rings is 1. The van der Waals surface area contributed by atoms with Crippen molar-refractivity contribution in [3.63, 3.8) is 0 Å². The fourth-order valence-corrected chi connectivity index (χ4v) is 1.61. The average Bonchev–Trinajstić information content (AvgIpc) is 2.46. The van der Waals surface area contributed by atoms with Gasteiger partial charge in [0.15, 0.2) is 17.3 Å². The number of hydrogen-bond acceptors (Lipinski definition) is 7. The number of rotatable bonds is 4. The van der Waals surface area contributed by atoms with E-state index in [1.54, 1.807) is 40.4 Å². The van der Waals surface area contributed by atoms with Gasteiger partial charge in [0.1, 0.15) is 0 Å². The predicted molar refractivity (Wildman–Crippen MR) is 67.5 cm³/mol. The molecule has 0 N–H and O–H groups in total. The fourth-order valence-electron chi connectivity index (χ4n) is 1.61. The molecule has 0 amide bonds. The van der Waals surface area contributed by atoms with Crippen LogP contribution in [0, 0.1) is 6.92 Å². The molecule has 0 saturated carbocycles. The van der Waals surface area contributed by atoms with E-state index in [1.165, 1.54) is 0 Å². The summed E-state index contributed by atoms with van der Waals surface area (Å²) in [5.41, 5.74) is 0.689. The third kappa shape index (κ3) is 2.54. The minimum Gasteiger partial charge on any atom is -0.493 e. The van der Waals surface area contributed by atoms with Gasteiger partial charge in [0.2, 0.25) is 11.6 Å². The van der Waals surface area contributed by atoms with Crippen molar-refractivity contribution in [2.75, 3.05) is 21.3 Å². The van der Waals surface area contributed by atoms with Gasteiger partial charge in [-0.05, 0) is 19.1 Å². The maximum atomic E-state index is 5.26. The van der Waals surface area contributed by atoms with Crippen LogP contribution in [0.2, 0.25) is 0 Å². The molecule has 0 aliphatic rings. The summed E-state index contributed by atoms with van der Waals surface area (Å²) in [6, 6.07) is 3.49. The first-order valence-corrected chi connectivity index (χ1v) is 5.54. The zero-order valence-electron chi connectivity index (χ0n) is 11.2. The third-order valence-corrected chi connectivity index (χ3v) is 2.50. The van der Waals surface area contributed by atoms with E-state index in [9.17, 15) is 0 Å². The first-order valence-electron chi connectivity index (χ1n) is 5.54. The Hall–Kier alpha value is -2.44. The second-order valence-corrected chi connectivity index (χ2v) is 3.68. The van der Waals surface area contributed by atoms with Crippen LogP contribution < -0.4 is 14.2 Å². The van der Waals surface area contributed by atoms with Crippen molar-refractivity contribution in [1.29, 1.82) is 0 Å². The van der Waals surface area contributed by atoms with Crippen LogP contribution in [0.15, 0.2) is 12.1 Å². The van der Waals surface area contributed by atoms with Crippen LogP contribution in [0.1, 0.15) is 5.82 Å². The van der Waals surface area contributed by atoms with Crippen molar-refractivity contribution < 1.29 is 14.2 Å². The molecule has 7 nitrogen and oxygen atoms in total. The van der Waals surface area contributed by atoms with E-state index < -0.39 is 0 Å². The molecule has 0 aliphatic heterocycles. The van der Waals surface area contributed by atoms with Crippen LogP contribution in [-0.4, -0.2) is 41.7 Å². The minimum atomic E-state index is 0.393. The zero-order valence-corrected chi connectivity index (χ0v) is 11.2. The topological polar surface area (TPSA) is 79.3 Å². The molecule has 0 aliphatic carbocycles. The van der Waals surface area contributed by atoms with Crippen molar-refractivity contribution in [3.8, 4) is 28.6 Å². The maximum absolute atomic E-state index is 5.26. The molecule has 2 aromatic rings. The van der Waals surface area contributed by atoms with Crippen molar-refractivity contribution >= 4 is 0 Å².